The Morgan fingerprint density at radius 1 is 1.18 bits per heavy atom. The molecule has 1 N–H and O–H groups in total. The largest absolute Gasteiger partial charge is 0.462 e. The van der Waals surface area contributed by atoms with Crippen molar-refractivity contribution < 1.29 is 14.3 Å². The number of nitrogens with one attached hydrogen (secondary N) is 1. The van der Waals surface area contributed by atoms with Gasteiger partial charge in [-0.3, -0.25) is 14.6 Å². The molecule has 2 aromatic rings. The van der Waals surface area contributed by atoms with Gasteiger partial charge in [-0.05, 0) is 68.8 Å². The molecule has 7 nitrogen and oxygen atoms in total. The number of carbonyl (C=O) groups excluding carboxylic acids is 1. The second kappa shape index (κ2) is 13.8. The maximum atomic E-state index is 12.1. The van der Waals surface area contributed by atoms with Gasteiger partial charge in [-0.1, -0.05) is 26.0 Å². The number of hydrogen-bond donors (Lipinski definition) is 1. The van der Waals surface area contributed by atoms with Crippen molar-refractivity contribution in [3.05, 3.63) is 63.1 Å². The maximum absolute atomic E-state index is 12.1. The lowest BCUT2D eigenvalue weighted by Gasteiger charge is -2.16. The van der Waals surface area contributed by atoms with Crippen LogP contribution in [0.25, 0.3) is 0 Å². The maximum Gasteiger partial charge on any atom is 0.319 e. The summed E-state index contributed by atoms with van der Waals surface area (Å²) in [4.78, 5) is 28.8. The number of pyridine rings is 1. The van der Waals surface area contributed by atoms with Crippen molar-refractivity contribution in [2.75, 3.05) is 33.4 Å². The number of methoxy groups -OCH3 is 1. The predicted molar refractivity (Wildman–Crippen MR) is 137 cm³/mol. The third kappa shape index (κ3) is 8.22. The fourth-order valence-electron chi connectivity index (χ4n) is 3.70. The van der Waals surface area contributed by atoms with E-state index in [-0.39, 0.29) is 30.6 Å². The number of nitrogens with zero attached hydrogens (tertiary/aromatic N) is 2. The summed E-state index contributed by atoms with van der Waals surface area (Å²) in [7, 11) is 3.36. The van der Waals surface area contributed by atoms with Crippen molar-refractivity contribution in [1.82, 2.24) is 9.88 Å². The Kier molecular flexibility index (Phi) is 11.2. The molecule has 1 aromatic carbocycles. The Balaban J connectivity index is 2.03. The number of esters is 1. The van der Waals surface area contributed by atoms with E-state index in [1.165, 1.54) is 5.56 Å². The Morgan fingerprint density at radius 3 is 2.59 bits per heavy atom. The number of hydrogen-bond acceptors (Lipinski definition) is 6. The van der Waals surface area contributed by atoms with Crippen LogP contribution < -0.4 is 10.9 Å². The second-order valence-electron chi connectivity index (χ2n) is 8.75. The zero-order chi connectivity index (χ0) is 25.1. The van der Waals surface area contributed by atoms with Gasteiger partial charge in [0, 0.05) is 31.5 Å². The molecule has 34 heavy (non-hydrogen) atoms. The molecule has 0 bridgehead atoms. The van der Waals surface area contributed by atoms with Crippen LogP contribution in [0.1, 0.15) is 48.9 Å². The first-order valence-electron chi connectivity index (χ1n) is 12.0. The molecule has 186 valence electrons. The van der Waals surface area contributed by atoms with Crippen molar-refractivity contribution in [1.29, 1.82) is 0 Å². The summed E-state index contributed by atoms with van der Waals surface area (Å²) in [5, 5.41) is 3.12. The SMILES string of the molecule is CCC(C)/C(=N\c1ccc(CCCNCC(=O)OCCOC)cc1C)c1cc(C)c(=O)n(C)c1. The first kappa shape index (κ1) is 27.5. The van der Waals surface area contributed by atoms with Gasteiger partial charge >= 0.3 is 5.97 Å². The molecule has 0 saturated carbocycles. The molecule has 7 heteroatoms. The molecule has 1 aromatic heterocycles. The van der Waals surface area contributed by atoms with Crippen LogP contribution in [0.15, 0.2) is 40.2 Å². The summed E-state index contributed by atoms with van der Waals surface area (Å²) < 4.78 is 11.5. The highest BCUT2D eigenvalue weighted by molar-refractivity contribution is 6.03. The minimum absolute atomic E-state index is 0.0188. The van der Waals surface area contributed by atoms with Crippen molar-refractivity contribution >= 4 is 17.4 Å². The van der Waals surface area contributed by atoms with Crippen LogP contribution >= 0.6 is 0 Å². The summed E-state index contributed by atoms with van der Waals surface area (Å²) >= 11 is 0. The van der Waals surface area contributed by atoms with Gasteiger partial charge in [0.1, 0.15) is 6.61 Å². The first-order chi connectivity index (χ1) is 16.3. The summed E-state index contributed by atoms with van der Waals surface area (Å²) in [6.07, 6.45) is 4.67. The minimum atomic E-state index is -0.263. The minimum Gasteiger partial charge on any atom is -0.462 e. The van der Waals surface area contributed by atoms with E-state index in [4.69, 9.17) is 14.5 Å². The molecule has 0 spiro atoms. The smallest absolute Gasteiger partial charge is 0.319 e. The van der Waals surface area contributed by atoms with Crippen LogP contribution in [-0.4, -0.2) is 49.7 Å². The molecule has 0 amide bonds. The molecule has 0 saturated heterocycles. The third-order valence-electron chi connectivity index (χ3n) is 5.88. The van der Waals surface area contributed by atoms with Crippen molar-refractivity contribution in [2.24, 2.45) is 18.0 Å². The molecular weight excluding hydrogens is 430 g/mol. The number of carbonyl (C=O) groups is 1. The molecule has 2 rings (SSSR count). The monoisotopic (exact) mass is 469 g/mol. The van der Waals surface area contributed by atoms with Crippen molar-refractivity contribution in [3.8, 4) is 0 Å². The Hall–Kier alpha value is -2.77. The van der Waals surface area contributed by atoms with Crippen molar-refractivity contribution in [2.45, 2.75) is 47.0 Å². The molecular formula is C27H39N3O4. The van der Waals surface area contributed by atoms with E-state index in [1.54, 1.807) is 18.7 Å². The third-order valence-corrected chi connectivity index (χ3v) is 5.88. The average molecular weight is 470 g/mol. The van der Waals surface area contributed by atoms with Gasteiger partial charge in [-0.15, -0.1) is 0 Å². The number of benzene rings is 1. The molecule has 0 radical (unpaired) electrons. The summed E-state index contributed by atoms with van der Waals surface area (Å²) in [6.45, 7) is 9.89. The van der Waals surface area contributed by atoms with E-state index in [0.29, 0.717) is 6.61 Å². The number of aryl methyl sites for hydroxylation is 4. The van der Waals surface area contributed by atoms with Crippen LogP contribution in [0.4, 0.5) is 5.69 Å². The molecule has 0 fully saturated rings. The van der Waals surface area contributed by atoms with Crippen LogP contribution in [0, 0.1) is 19.8 Å². The zero-order valence-corrected chi connectivity index (χ0v) is 21.4. The number of aliphatic imine (C=N–C) groups is 1. The van der Waals surface area contributed by atoms with Crippen LogP contribution in [0.3, 0.4) is 0 Å². The fraction of sp³-hybridized carbons (Fsp3) is 0.519. The highest BCUT2D eigenvalue weighted by atomic mass is 16.6. The number of ether oxygens (including phenoxy) is 2. The molecule has 0 aliphatic heterocycles. The van der Waals surface area contributed by atoms with Gasteiger partial charge < -0.3 is 19.4 Å². The lowest BCUT2D eigenvalue weighted by Crippen LogP contribution is -2.26. The van der Waals surface area contributed by atoms with E-state index in [0.717, 1.165) is 53.9 Å². The van der Waals surface area contributed by atoms with Crippen LogP contribution in [0.2, 0.25) is 0 Å². The molecule has 1 unspecified atom stereocenters. The standard InChI is InChI=1S/C27H39N3O4/c1-7-19(2)26(23-16-21(4)27(32)30(5)18-23)29-24-11-10-22(15-20(24)3)9-8-12-28-17-25(31)34-14-13-33-6/h10-11,15-16,18-19,28H,7-9,12-14,17H2,1-6H3/b29-26+. The fourth-order valence-corrected chi connectivity index (χ4v) is 3.70. The number of aromatic nitrogens is 1. The zero-order valence-electron chi connectivity index (χ0n) is 21.4. The highest BCUT2D eigenvalue weighted by Gasteiger charge is 2.15. The van der Waals surface area contributed by atoms with E-state index in [1.807, 2.05) is 19.2 Å². The van der Waals surface area contributed by atoms with Gasteiger partial charge in [-0.25, -0.2) is 0 Å². The lowest BCUT2D eigenvalue weighted by molar-refractivity contribution is -0.143. The molecule has 0 aliphatic carbocycles. The van der Waals surface area contributed by atoms with Gasteiger partial charge in [-0.2, -0.15) is 0 Å². The average Bonchev–Trinajstić information content (AvgIpc) is 2.81. The van der Waals surface area contributed by atoms with Crippen LogP contribution in [0.5, 0.6) is 0 Å². The van der Waals surface area contributed by atoms with Gasteiger partial charge in [0.2, 0.25) is 0 Å². The van der Waals surface area contributed by atoms with E-state index < -0.39 is 0 Å². The molecule has 1 atom stereocenters. The van der Waals surface area contributed by atoms with Crippen LogP contribution in [-0.2, 0) is 27.7 Å². The lowest BCUT2D eigenvalue weighted by atomic mass is 9.95. The first-order valence-corrected chi connectivity index (χ1v) is 12.0. The quantitative estimate of drug-likeness (QED) is 0.274. The van der Waals surface area contributed by atoms with E-state index in [2.05, 4.69) is 44.3 Å². The summed E-state index contributed by atoms with van der Waals surface area (Å²) in [6, 6.07) is 8.31. The van der Waals surface area contributed by atoms with E-state index in [9.17, 15) is 9.59 Å². The summed E-state index contributed by atoms with van der Waals surface area (Å²) in [5.41, 5.74) is 6.04. The Morgan fingerprint density at radius 2 is 1.94 bits per heavy atom. The van der Waals surface area contributed by atoms with Crippen molar-refractivity contribution in [3.63, 3.8) is 0 Å². The van der Waals surface area contributed by atoms with Gasteiger partial charge in [0.25, 0.3) is 5.56 Å². The number of rotatable bonds is 13. The highest BCUT2D eigenvalue weighted by Crippen LogP contribution is 2.24. The van der Waals surface area contributed by atoms with Gasteiger partial charge in [0.05, 0.1) is 24.6 Å². The Bertz CT molecular complexity index is 1020. The molecule has 1 heterocycles. The Labute approximate surface area is 203 Å². The molecule has 0 aliphatic rings. The topological polar surface area (TPSA) is 81.9 Å². The predicted octanol–water partition coefficient (Wildman–Crippen LogP) is 3.88. The van der Waals surface area contributed by atoms with Gasteiger partial charge in [0.15, 0.2) is 0 Å². The second-order valence-corrected chi connectivity index (χ2v) is 8.75. The van der Waals surface area contributed by atoms with E-state index >= 15 is 0 Å². The normalized spacial score (nSPS) is 12.6. The summed E-state index contributed by atoms with van der Waals surface area (Å²) in [5.74, 6) is 0.00383.